The average molecular weight is 410 g/mol. The second-order valence-corrected chi connectivity index (χ2v) is 9.85. The highest BCUT2D eigenvalue weighted by Gasteiger charge is 2.38. The standard InChI is InChI=1S/C22H23N3O3S/c1-22(2)16-9-5-7-11-18(16)24(3)20(22)13-15(26)14-25-19-12-8-6-10-17(19)23-21(25)29(4,27)28/h5-13H,14H2,1-4H3/b20-13-. The first-order valence-electron chi connectivity index (χ1n) is 9.34. The van der Waals surface area contributed by atoms with E-state index in [1.165, 1.54) is 4.57 Å². The Morgan fingerprint density at radius 2 is 1.76 bits per heavy atom. The molecule has 0 spiro atoms. The van der Waals surface area contributed by atoms with E-state index in [-0.39, 0.29) is 22.9 Å². The van der Waals surface area contributed by atoms with Crippen LogP contribution in [0.2, 0.25) is 0 Å². The Labute approximate surface area is 170 Å². The third-order valence-electron chi connectivity index (χ3n) is 5.50. The molecular formula is C22H23N3O3S. The minimum absolute atomic E-state index is 0.0900. The Hall–Kier alpha value is -2.93. The summed E-state index contributed by atoms with van der Waals surface area (Å²) in [6, 6.07) is 15.2. The topological polar surface area (TPSA) is 72.3 Å². The molecular weight excluding hydrogens is 386 g/mol. The van der Waals surface area contributed by atoms with E-state index in [1.807, 2.05) is 30.1 Å². The van der Waals surface area contributed by atoms with Gasteiger partial charge in [-0.1, -0.05) is 44.2 Å². The summed E-state index contributed by atoms with van der Waals surface area (Å²) in [7, 11) is -1.63. The number of benzene rings is 2. The lowest BCUT2D eigenvalue weighted by atomic mass is 9.83. The van der Waals surface area contributed by atoms with Crippen LogP contribution in [-0.2, 0) is 26.6 Å². The van der Waals surface area contributed by atoms with Crippen molar-refractivity contribution >= 4 is 32.3 Å². The van der Waals surface area contributed by atoms with Crippen molar-refractivity contribution < 1.29 is 13.2 Å². The van der Waals surface area contributed by atoms with Gasteiger partial charge in [-0.05, 0) is 23.8 Å². The summed E-state index contributed by atoms with van der Waals surface area (Å²) in [5.74, 6) is -0.180. The number of sulfone groups is 1. The van der Waals surface area contributed by atoms with E-state index < -0.39 is 9.84 Å². The predicted molar refractivity (Wildman–Crippen MR) is 114 cm³/mol. The van der Waals surface area contributed by atoms with E-state index in [4.69, 9.17) is 0 Å². The van der Waals surface area contributed by atoms with Crippen molar-refractivity contribution in [3.63, 3.8) is 0 Å². The zero-order chi connectivity index (χ0) is 21.0. The van der Waals surface area contributed by atoms with Gasteiger partial charge in [-0.2, -0.15) is 0 Å². The van der Waals surface area contributed by atoms with Crippen molar-refractivity contribution in [1.29, 1.82) is 0 Å². The van der Waals surface area contributed by atoms with Gasteiger partial charge in [0.05, 0.1) is 17.6 Å². The summed E-state index contributed by atoms with van der Waals surface area (Å²) in [4.78, 5) is 19.3. The lowest BCUT2D eigenvalue weighted by Crippen LogP contribution is -2.25. The molecule has 2 heterocycles. The highest BCUT2D eigenvalue weighted by atomic mass is 32.2. The summed E-state index contributed by atoms with van der Waals surface area (Å²) in [6.07, 6.45) is 2.74. The third-order valence-corrected chi connectivity index (χ3v) is 6.48. The molecule has 0 amide bonds. The number of fused-ring (bicyclic) bond motifs is 2. The predicted octanol–water partition coefficient (Wildman–Crippen LogP) is 3.32. The molecule has 7 heteroatoms. The molecule has 0 N–H and O–H groups in total. The van der Waals surface area contributed by atoms with Crippen molar-refractivity contribution in [2.45, 2.75) is 31.0 Å². The number of carbonyl (C=O) groups is 1. The fraction of sp³-hybridized carbons (Fsp3) is 0.273. The van der Waals surface area contributed by atoms with Crippen molar-refractivity contribution in [2.24, 2.45) is 0 Å². The van der Waals surface area contributed by atoms with Crippen LogP contribution in [0.1, 0.15) is 19.4 Å². The number of hydrogen-bond acceptors (Lipinski definition) is 5. The molecule has 1 aromatic heterocycles. The number of para-hydroxylation sites is 3. The molecule has 0 bridgehead atoms. The molecule has 0 saturated carbocycles. The van der Waals surface area contributed by atoms with E-state index in [2.05, 4.69) is 24.9 Å². The number of nitrogens with zero attached hydrogens (tertiary/aromatic N) is 3. The molecule has 6 nitrogen and oxygen atoms in total. The zero-order valence-corrected chi connectivity index (χ0v) is 17.7. The van der Waals surface area contributed by atoms with Gasteiger partial charge in [0, 0.05) is 36.2 Å². The van der Waals surface area contributed by atoms with E-state index in [0.717, 1.165) is 23.2 Å². The van der Waals surface area contributed by atoms with Gasteiger partial charge in [0.2, 0.25) is 15.0 Å². The molecule has 0 atom stereocenters. The van der Waals surface area contributed by atoms with Crippen LogP contribution in [0.5, 0.6) is 0 Å². The maximum absolute atomic E-state index is 13.0. The molecule has 1 aliphatic heterocycles. The van der Waals surface area contributed by atoms with Crippen molar-refractivity contribution in [1.82, 2.24) is 9.55 Å². The summed E-state index contributed by atoms with van der Waals surface area (Å²) in [5.41, 5.74) is 3.97. The molecule has 0 radical (unpaired) electrons. The molecule has 0 aliphatic carbocycles. The fourth-order valence-corrected chi connectivity index (χ4v) is 4.93. The molecule has 0 unspecified atom stereocenters. The number of ketones is 1. The molecule has 1 aliphatic rings. The molecule has 2 aromatic carbocycles. The van der Waals surface area contributed by atoms with Gasteiger partial charge >= 0.3 is 0 Å². The van der Waals surface area contributed by atoms with Crippen LogP contribution in [0.3, 0.4) is 0 Å². The maximum Gasteiger partial charge on any atom is 0.228 e. The van der Waals surface area contributed by atoms with Gasteiger partial charge in [0.1, 0.15) is 0 Å². The summed E-state index contributed by atoms with van der Waals surface area (Å²) >= 11 is 0. The van der Waals surface area contributed by atoms with Crippen LogP contribution in [0.4, 0.5) is 5.69 Å². The van der Waals surface area contributed by atoms with Crippen LogP contribution in [0, 0.1) is 0 Å². The Bertz CT molecular complexity index is 1270. The lowest BCUT2D eigenvalue weighted by molar-refractivity contribution is -0.115. The fourth-order valence-electron chi connectivity index (χ4n) is 4.10. The average Bonchev–Trinajstić information content (AvgIpc) is 3.12. The van der Waals surface area contributed by atoms with Gasteiger partial charge in [-0.15, -0.1) is 0 Å². The quantitative estimate of drug-likeness (QED) is 0.618. The van der Waals surface area contributed by atoms with Crippen LogP contribution >= 0.6 is 0 Å². The Balaban J connectivity index is 1.75. The highest BCUT2D eigenvalue weighted by molar-refractivity contribution is 7.90. The monoisotopic (exact) mass is 409 g/mol. The van der Waals surface area contributed by atoms with Crippen LogP contribution < -0.4 is 4.90 Å². The molecule has 0 fully saturated rings. The normalized spacial score (nSPS) is 17.1. The Morgan fingerprint density at radius 3 is 2.45 bits per heavy atom. The summed E-state index contributed by atoms with van der Waals surface area (Å²) < 4.78 is 26.0. The van der Waals surface area contributed by atoms with E-state index in [1.54, 1.807) is 30.3 Å². The van der Waals surface area contributed by atoms with Crippen LogP contribution in [-0.4, -0.2) is 37.1 Å². The number of anilines is 1. The summed E-state index contributed by atoms with van der Waals surface area (Å²) in [6.45, 7) is 4.08. The molecule has 0 saturated heterocycles. The van der Waals surface area contributed by atoms with E-state index in [0.29, 0.717) is 11.0 Å². The first kappa shape index (κ1) is 19.4. The third kappa shape index (κ3) is 3.15. The number of imidazole rings is 1. The molecule has 150 valence electrons. The molecule has 3 aromatic rings. The van der Waals surface area contributed by atoms with Crippen molar-refractivity contribution in [3.8, 4) is 0 Å². The number of hydrogen-bond donors (Lipinski definition) is 0. The number of allylic oxidation sites excluding steroid dienone is 2. The van der Waals surface area contributed by atoms with Gasteiger partial charge in [0.25, 0.3) is 0 Å². The Kier molecular flexibility index (Phi) is 4.38. The minimum Gasteiger partial charge on any atom is -0.347 e. The minimum atomic E-state index is -3.58. The van der Waals surface area contributed by atoms with Crippen LogP contribution in [0.15, 0.2) is 65.5 Å². The largest absolute Gasteiger partial charge is 0.347 e. The van der Waals surface area contributed by atoms with Gasteiger partial charge in [0.15, 0.2) is 5.78 Å². The van der Waals surface area contributed by atoms with Crippen molar-refractivity contribution in [3.05, 3.63) is 65.9 Å². The lowest BCUT2D eigenvalue weighted by Gasteiger charge is -2.24. The van der Waals surface area contributed by atoms with Gasteiger partial charge in [-0.3, -0.25) is 4.79 Å². The van der Waals surface area contributed by atoms with Crippen molar-refractivity contribution in [2.75, 3.05) is 18.2 Å². The molecule has 29 heavy (non-hydrogen) atoms. The zero-order valence-electron chi connectivity index (χ0n) is 16.9. The van der Waals surface area contributed by atoms with Gasteiger partial charge < -0.3 is 9.47 Å². The Morgan fingerprint density at radius 1 is 1.10 bits per heavy atom. The number of aromatic nitrogens is 2. The maximum atomic E-state index is 13.0. The second kappa shape index (κ2) is 6.56. The van der Waals surface area contributed by atoms with E-state index >= 15 is 0 Å². The van der Waals surface area contributed by atoms with Crippen LogP contribution in [0.25, 0.3) is 11.0 Å². The SMILES string of the molecule is CN1/C(=C\C(=O)Cn2c(S(C)(=O)=O)nc3ccccc32)C(C)(C)c2ccccc21. The summed E-state index contributed by atoms with van der Waals surface area (Å²) in [5, 5.41) is -0.0900. The number of likely N-dealkylation sites (N-methyl/N-ethyl adjacent to an activating group) is 1. The first-order chi connectivity index (χ1) is 13.6. The smallest absolute Gasteiger partial charge is 0.228 e. The van der Waals surface area contributed by atoms with Gasteiger partial charge in [-0.25, -0.2) is 13.4 Å². The first-order valence-corrected chi connectivity index (χ1v) is 11.2. The second-order valence-electron chi connectivity index (χ2n) is 7.94. The number of carbonyl (C=O) groups excluding carboxylic acids is 1. The highest BCUT2D eigenvalue weighted by Crippen LogP contribution is 2.46. The molecule has 4 rings (SSSR count). The number of rotatable bonds is 4. The van der Waals surface area contributed by atoms with E-state index in [9.17, 15) is 13.2 Å².